The zero-order valence-corrected chi connectivity index (χ0v) is 15.3. The van der Waals surface area contributed by atoms with Gasteiger partial charge in [0.1, 0.15) is 5.15 Å². The maximum atomic E-state index is 12.2. The summed E-state index contributed by atoms with van der Waals surface area (Å²) >= 11 is 14.5. The highest BCUT2D eigenvalue weighted by molar-refractivity contribution is 14.1. The molecule has 2 rings (SSSR count). The fraction of sp³-hybridized carbons (Fsp3) is 0. The Bertz CT molecular complexity index is 652. The van der Waals surface area contributed by atoms with Crippen LogP contribution in [0.5, 0.6) is 0 Å². The second-order valence-electron chi connectivity index (χ2n) is 3.57. The molecule has 2 aromatic rings. The van der Waals surface area contributed by atoms with Gasteiger partial charge in [0, 0.05) is 8.04 Å². The number of halogens is 4. The number of aromatic nitrogens is 1. The molecule has 0 unspecified atom stereocenters. The molecule has 3 nitrogen and oxygen atoms in total. The number of hydrogen-bond acceptors (Lipinski definition) is 2. The summed E-state index contributed by atoms with van der Waals surface area (Å²) in [4.78, 5) is 16.1. The molecule has 1 N–H and O–H groups in total. The van der Waals surface area contributed by atoms with Crippen molar-refractivity contribution in [2.24, 2.45) is 0 Å². The summed E-state index contributed by atoms with van der Waals surface area (Å²) in [6.07, 6.45) is 1.51. The molecule has 0 saturated heterocycles. The van der Waals surface area contributed by atoms with Crippen LogP contribution in [0.25, 0.3) is 0 Å². The molecule has 0 radical (unpaired) electrons. The molecule has 0 bridgehead atoms. The Balaban J connectivity index is 2.25. The van der Waals surface area contributed by atoms with Crippen molar-refractivity contribution in [3.05, 3.63) is 53.7 Å². The van der Waals surface area contributed by atoms with Crippen molar-refractivity contribution < 1.29 is 4.79 Å². The molecule has 0 atom stereocenters. The van der Waals surface area contributed by atoms with E-state index in [9.17, 15) is 4.79 Å². The first-order valence-corrected chi connectivity index (χ1v) is 8.09. The van der Waals surface area contributed by atoms with Crippen molar-refractivity contribution in [2.75, 3.05) is 5.32 Å². The quantitative estimate of drug-likeness (QED) is 0.445. The third-order valence-corrected chi connectivity index (χ3v) is 4.80. The summed E-state index contributed by atoms with van der Waals surface area (Å²) in [6, 6.07) is 7.24. The second kappa shape index (κ2) is 6.51. The molecule has 7 heteroatoms. The first-order valence-electron chi connectivity index (χ1n) is 5.05. The molecule has 1 aromatic carbocycles. The lowest BCUT2D eigenvalue weighted by Crippen LogP contribution is -2.13. The molecule has 1 heterocycles. The van der Waals surface area contributed by atoms with Crippen LogP contribution < -0.4 is 5.32 Å². The number of nitrogens with zero attached hydrogens (tertiary/aromatic N) is 1. The Kier molecular flexibility index (Phi) is 5.22. The van der Waals surface area contributed by atoms with E-state index in [1.165, 1.54) is 6.20 Å². The van der Waals surface area contributed by atoms with Crippen LogP contribution in [0.1, 0.15) is 10.4 Å². The molecule has 0 saturated carbocycles. The molecule has 19 heavy (non-hydrogen) atoms. The molecule has 0 aliphatic heterocycles. The predicted molar refractivity (Wildman–Crippen MR) is 91.8 cm³/mol. The molecular weight excluding hydrogens is 510 g/mol. The van der Waals surface area contributed by atoms with Gasteiger partial charge in [0.15, 0.2) is 0 Å². The van der Waals surface area contributed by atoms with Gasteiger partial charge in [-0.15, -0.1) is 0 Å². The summed E-state index contributed by atoms with van der Waals surface area (Å²) in [5.41, 5.74) is 1.18. The summed E-state index contributed by atoms with van der Waals surface area (Å²) in [5.74, 6) is -0.193. The van der Waals surface area contributed by atoms with Crippen LogP contribution in [0.4, 0.5) is 5.69 Å². The standard InChI is InChI=1S/C12H6Br2ClIN2O/c13-6-1-2-10(16)8(3-6)12(19)18-7-4-9(14)11(15)17-5-7/h1-5H,(H,18,19). The van der Waals surface area contributed by atoms with Crippen molar-refractivity contribution in [3.8, 4) is 0 Å². The third-order valence-electron chi connectivity index (χ3n) is 2.23. The van der Waals surface area contributed by atoms with Gasteiger partial charge in [-0.2, -0.15) is 0 Å². The number of benzene rings is 1. The summed E-state index contributed by atoms with van der Waals surface area (Å²) < 4.78 is 2.36. The highest BCUT2D eigenvalue weighted by Crippen LogP contribution is 2.24. The van der Waals surface area contributed by atoms with Crippen molar-refractivity contribution in [1.29, 1.82) is 0 Å². The lowest BCUT2D eigenvalue weighted by atomic mass is 10.2. The molecule has 0 aliphatic rings. The average molecular weight is 516 g/mol. The maximum Gasteiger partial charge on any atom is 0.256 e. The SMILES string of the molecule is O=C(Nc1cnc(Cl)c(Br)c1)c1cc(Br)ccc1I. The Hall–Kier alpha value is -0.180. The third kappa shape index (κ3) is 3.90. The summed E-state index contributed by atoms with van der Waals surface area (Å²) in [6.45, 7) is 0. The second-order valence-corrected chi connectivity index (χ2v) is 6.87. The normalized spacial score (nSPS) is 10.3. The van der Waals surface area contributed by atoms with Gasteiger partial charge in [0.05, 0.1) is 21.9 Å². The van der Waals surface area contributed by atoms with Crippen molar-refractivity contribution in [2.45, 2.75) is 0 Å². The maximum absolute atomic E-state index is 12.2. The lowest BCUT2D eigenvalue weighted by molar-refractivity contribution is 0.102. The minimum Gasteiger partial charge on any atom is -0.321 e. The predicted octanol–water partition coefficient (Wildman–Crippen LogP) is 5.12. The van der Waals surface area contributed by atoms with Gasteiger partial charge in [-0.25, -0.2) is 4.98 Å². The Morgan fingerprint density at radius 2 is 2.05 bits per heavy atom. The smallest absolute Gasteiger partial charge is 0.256 e. The van der Waals surface area contributed by atoms with Crippen LogP contribution in [-0.4, -0.2) is 10.9 Å². The largest absolute Gasteiger partial charge is 0.321 e. The van der Waals surface area contributed by atoms with E-state index in [1.54, 1.807) is 12.1 Å². The van der Waals surface area contributed by atoms with Crippen molar-refractivity contribution in [3.63, 3.8) is 0 Å². The number of carbonyl (C=O) groups excluding carboxylic acids is 1. The van der Waals surface area contributed by atoms with Crippen LogP contribution in [0.2, 0.25) is 5.15 Å². The van der Waals surface area contributed by atoms with Crippen LogP contribution in [0, 0.1) is 3.57 Å². The number of amides is 1. The fourth-order valence-electron chi connectivity index (χ4n) is 1.36. The van der Waals surface area contributed by atoms with E-state index < -0.39 is 0 Å². The number of nitrogens with one attached hydrogen (secondary N) is 1. The minimum atomic E-state index is -0.193. The minimum absolute atomic E-state index is 0.193. The van der Waals surface area contributed by atoms with E-state index >= 15 is 0 Å². The fourth-order valence-corrected chi connectivity index (χ4v) is 2.75. The molecular formula is C12H6Br2ClIN2O. The van der Waals surface area contributed by atoms with Gasteiger partial charge in [-0.05, 0) is 62.8 Å². The summed E-state index contributed by atoms with van der Waals surface area (Å²) in [5, 5.41) is 3.14. The molecule has 0 fully saturated rings. The molecule has 98 valence electrons. The zero-order valence-electron chi connectivity index (χ0n) is 9.25. The molecule has 0 spiro atoms. The Morgan fingerprint density at radius 3 is 2.74 bits per heavy atom. The Labute approximate surface area is 145 Å². The number of carbonyl (C=O) groups is 1. The van der Waals surface area contributed by atoms with Crippen LogP contribution in [0.3, 0.4) is 0 Å². The Morgan fingerprint density at radius 1 is 1.32 bits per heavy atom. The molecule has 1 aromatic heterocycles. The number of hydrogen-bond donors (Lipinski definition) is 1. The topological polar surface area (TPSA) is 42.0 Å². The molecule has 1 amide bonds. The van der Waals surface area contributed by atoms with Crippen molar-refractivity contribution >= 4 is 77.6 Å². The van der Waals surface area contributed by atoms with E-state index in [-0.39, 0.29) is 5.91 Å². The van der Waals surface area contributed by atoms with Gasteiger partial charge in [0.25, 0.3) is 5.91 Å². The van der Waals surface area contributed by atoms with Crippen molar-refractivity contribution in [1.82, 2.24) is 4.98 Å². The van der Waals surface area contributed by atoms with E-state index in [0.29, 0.717) is 20.9 Å². The summed E-state index contributed by atoms with van der Waals surface area (Å²) in [7, 11) is 0. The van der Waals surface area contributed by atoms with Crippen LogP contribution in [-0.2, 0) is 0 Å². The van der Waals surface area contributed by atoms with Gasteiger partial charge in [0.2, 0.25) is 0 Å². The van der Waals surface area contributed by atoms with E-state index in [0.717, 1.165) is 8.04 Å². The van der Waals surface area contributed by atoms with E-state index in [4.69, 9.17) is 11.6 Å². The monoisotopic (exact) mass is 514 g/mol. The van der Waals surface area contributed by atoms with E-state index in [1.807, 2.05) is 12.1 Å². The first kappa shape index (κ1) is 15.2. The van der Waals surface area contributed by atoms with Crippen LogP contribution in [0.15, 0.2) is 39.4 Å². The number of rotatable bonds is 2. The average Bonchev–Trinajstić information content (AvgIpc) is 2.36. The zero-order chi connectivity index (χ0) is 14.0. The van der Waals surface area contributed by atoms with E-state index in [2.05, 4.69) is 64.8 Å². The van der Waals surface area contributed by atoms with Gasteiger partial charge in [-0.3, -0.25) is 4.79 Å². The van der Waals surface area contributed by atoms with Crippen LogP contribution >= 0.6 is 66.1 Å². The first-order chi connectivity index (χ1) is 8.97. The van der Waals surface area contributed by atoms with Gasteiger partial charge in [-0.1, -0.05) is 27.5 Å². The van der Waals surface area contributed by atoms with Gasteiger partial charge >= 0.3 is 0 Å². The van der Waals surface area contributed by atoms with Gasteiger partial charge < -0.3 is 5.32 Å². The number of pyridine rings is 1. The lowest BCUT2D eigenvalue weighted by Gasteiger charge is -2.08. The number of anilines is 1. The molecule has 0 aliphatic carbocycles. The highest BCUT2D eigenvalue weighted by Gasteiger charge is 2.11. The highest BCUT2D eigenvalue weighted by atomic mass is 127.